The lowest BCUT2D eigenvalue weighted by atomic mass is 10.1. The molecule has 0 aromatic heterocycles. The fourth-order valence-corrected chi connectivity index (χ4v) is 3.96. The lowest BCUT2D eigenvalue weighted by molar-refractivity contribution is -0.0112. The van der Waals surface area contributed by atoms with Gasteiger partial charge in [-0.15, -0.1) is 11.8 Å². The van der Waals surface area contributed by atoms with Gasteiger partial charge in [-0.2, -0.15) is 0 Å². The highest BCUT2D eigenvalue weighted by Gasteiger charge is 2.47. The summed E-state index contributed by atoms with van der Waals surface area (Å²) < 4.78 is 24.9. The number of benzene rings is 2. The maximum absolute atomic E-state index is 14.4. The highest BCUT2D eigenvalue weighted by atomic mass is 32.2. The van der Waals surface area contributed by atoms with Crippen molar-refractivity contribution in [2.75, 3.05) is 6.61 Å². The van der Waals surface area contributed by atoms with Gasteiger partial charge in [-0.25, -0.2) is 14.0 Å². The van der Waals surface area contributed by atoms with Crippen molar-refractivity contribution in [1.29, 1.82) is 0 Å². The summed E-state index contributed by atoms with van der Waals surface area (Å²) in [6, 6.07) is 13.5. The van der Waals surface area contributed by atoms with Gasteiger partial charge < -0.3 is 14.6 Å². The number of esters is 2. The smallest absolute Gasteiger partial charge is 0.338 e. The van der Waals surface area contributed by atoms with E-state index in [1.165, 1.54) is 0 Å². The minimum atomic E-state index is -1.76. The zero-order valence-electron chi connectivity index (χ0n) is 15.5. The summed E-state index contributed by atoms with van der Waals surface area (Å²) in [6.45, 7) is 3.61. The number of hydrogen-bond acceptors (Lipinski definition) is 6. The first-order chi connectivity index (χ1) is 13.3. The van der Waals surface area contributed by atoms with E-state index in [4.69, 9.17) is 9.47 Å². The van der Waals surface area contributed by atoms with Gasteiger partial charge in [-0.05, 0) is 38.1 Å². The fraction of sp³-hybridized carbons (Fsp3) is 0.333. The van der Waals surface area contributed by atoms with Gasteiger partial charge in [0.1, 0.15) is 12.0 Å². The van der Waals surface area contributed by atoms with E-state index in [2.05, 4.69) is 0 Å². The van der Waals surface area contributed by atoms with Crippen LogP contribution in [0.4, 0.5) is 4.39 Å². The molecule has 0 aliphatic carbocycles. The van der Waals surface area contributed by atoms with Gasteiger partial charge in [0.15, 0.2) is 12.3 Å². The molecule has 4 atom stereocenters. The summed E-state index contributed by atoms with van der Waals surface area (Å²) in [6.07, 6.45) is -2.97. The highest BCUT2D eigenvalue weighted by molar-refractivity contribution is 8.00. The predicted molar refractivity (Wildman–Crippen MR) is 104 cm³/mol. The third kappa shape index (κ3) is 4.72. The van der Waals surface area contributed by atoms with Crippen LogP contribution < -0.4 is 0 Å². The Balaban J connectivity index is 1.63. The second-order valence-electron chi connectivity index (χ2n) is 6.71. The predicted octanol–water partition coefficient (Wildman–Crippen LogP) is 3.46. The second-order valence-corrected chi connectivity index (χ2v) is 8.07. The average Bonchev–Trinajstić information content (AvgIpc) is 2.95. The van der Waals surface area contributed by atoms with Crippen LogP contribution in [0.1, 0.15) is 31.8 Å². The van der Waals surface area contributed by atoms with E-state index >= 15 is 0 Å². The molecule has 1 fully saturated rings. The number of alkyl halides is 1. The molecule has 1 saturated heterocycles. The number of aliphatic hydroxyl groups excluding tert-OH is 1. The maximum atomic E-state index is 14.4. The molecule has 1 heterocycles. The normalized spacial score (nSPS) is 24.0. The number of thioether (sulfide) groups is 1. The summed E-state index contributed by atoms with van der Waals surface area (Å²) in [7, 11) is 0. The summed E-state index contributed by atoms with van der Waals surface area (Å²) in [5.41, 5.74) is 1.31. The Morgan fingerprint density at radius 3 is 2.00 bits per heavy atom. The van der Waals surface area contributed by atoms with E-state index in [0.717, 1.165) is 22.9 Å². The van der Waals surface area contributed by atoms with Crippen molar-refractivity contribution in [3.8, 4) is 0 Å². The molecule has 1 aliphatic heterocycles. The summed E-state index contributed by atoms with van der Waals surface area (Å²) in [5.74, 6) is -1.24. The number of halogens is 1. The van der Waals surface area contributed by atoms with Gasteiger partial charge in [0.2, 0.25) is 0 Å². The maximum Gasteiger partial charge on any atom is 0.338 e. The Bertz CT molecular complexity index is 837. The molecule has 28 heavy (non-hydrogen) atoms. The molecule has 2 unspecified atom stereocenters. The second kappa shape index (κ2) is 8.75. The number of aryl methyl sites for hydroxylation is 2. The molecule has 0 bridgehead atoms. The summed E-state index contributed by atoms with van der Waals surface area (Å²) in [5, 5.41) is 9.13. The first kappa shape index (κ1) is 20.4. The van der Waals surface area contributed by atoms with Crippen LogP contribution in [0.3, 0.4) is 0 Å². The molecule has 0 spiro atoms. The minimum Gasteiger partial charge on any atom is -0.461 e. The zero-order valence-corrected chi connectivity index (χ0v) is 16.3. The molecule has 5 nitrogen and oxygen atoms in total. The highest BCUT2D eigenvalue weighted by Crippen LogP contribution is 2.37. The van der Waals surface area contributed by atoms with Crippen LogP contribution in [-0.4, -0.2) is 46.6 Å². The first-order valence-electron chi connectivity index (χ1n) is 8.84. The van der Waals surface area contributed by atoms with Crippen LogP contribution in [0.2, 0.25) is 0 Å². The van der Waals surface area contributed by atoms with E-state index in [1.54, 1.807) is 48.5 Å². The standard InChI is InChI=1S/C21H21FO5S/c1-12-3-7-14(8-4-12)19(23)26-11-16-18(17(22)21(25)28-16)27-20(24)15-9-5-13(2)6-10-15/h3-10,16-18,21,25H,11H2,1-2H3/t16?,17-,18+,21?/m0/s1. The van der Waals surface area contributed by atoms with E-state index in [9.17, 15) is 19.1 Å². The molecule has 2 aromatic carbocycles. The number of ether oxygens (including phenoxy) is 2. The van der Waals surface area contributed by atoms with E-state index in [-0.39, 0.29) is 6.61 Å². The summed E-state index contributed by atoms with van der Waals surface area (Å²) in [4.78, 5) is 24.5. The number of aliphatic hydroxyl groups is 1. The lowest BCUT2D eigenvalue weighted by Gasteiger charge is -2.20. The average molecular weight is 404 g/mol. The molecule has 148 valence electrons. The third-order valence-electron chi connectivity index (χ3n) is 4.46. The first-order valence-corrected chi connectivity index (χ1v) is 9.78. The molecule has 1 N–H and O–H groups in total. The third-order valence-corrected chi connectivity index (χ3v) is 5.76. The van der Waals surface area contributed by atoms with Crippen LogP contribution in [0.15, 0.2) is 48.5 Å². The van der Waals surface area contributed by atoms with Crippen molar-refractivity contribution in [2.24, 2.45) is 0 Å². The van der Waals surface area contributed by atoms with Crippen molar-refractivity contribution in [3.63, 3.8) is 0 Å². The number of carbonyl (C=O) groups excluding carboxylic acids is 2. The number of carbonyl (C=O) groups is 2. The zero-order chi connectivity index (χ0) is 20.3. The Kier molecular flexibility index (Phi) is 6.36. The molecule has 0 radical (unpaired) electrons. The van der Waals surface area contributed by atoms with Crippen LogP contribution in [0.5, 0.6) is 0 Å². The molecular formula is C21H21FO5S. The van der Waals surface area contributed by atoms with Gasteiger partial charge in [0, 0.05) is 0 Å². The lowest BCUT2D eigenvalue weighted by Crippen LogP contribution is -2.36. The van der Waals surface area contributed by atoms with Crippen molar-refractivity contribution in [2.45, 2.75) is 36.8 Å². The Hall–Kier alpha value is -2.38. The van der Waals surface area contributed by atoms with Crippen LogP contribution in [-0.2, 0) is 9.47 Å². The van der Waals surface area contributed by atoms with E-state index in [1.807, 2.05) is 13.8 Å². The quantitative estimate of drug-likeness (QED) is 0.770. The molecule has 7 heteroatoms. The Labute approximate surface area is 166 Å². The monoisotopic (exact) mass is 404 g/mol. The van der Waals surface area contributed by atoms with Crippen LogP contribution in [0, 0.1) is 13.8 Å². The van der Waals surface area contributed by atoms with Gasteiger partial charge in [-0.1, -0.05) is 35.4 Å². The molecule has 2 aromatic rings. The van der Waals surface area contributed by atoms with Crippen molar-refractivity contribution < 1.29 is 28.6 Å². The molecule has 0 saturated carbocycles. The number of hydrogen-bond donors (Lipinski definition) is 1. The Morgan fingerprint density at radius 2 is 1.46 bits per heavy atom. The molecule has 1 aliphatic rings. The molecule has 3 rings (SSSR count). The SMILES string of the molecule is Cc1ccc(C(=O)OCC2SC(O)[C@@H](F)[C@@H]2OC(=O)c2ccc(C)cc2)cc1. The van der Waals surface area contributed by atoms with Crippen molar-refractivity contribution in [1.82, 2.24) is 0 Å². The van der Waals surface area contributed by atoms with Gasteiger partial charge in [0.25, 0.3) is 0 Å². The van der Waals surface area contributed by atoms with Gasteiger partial charge >= 0.3 is 11.9 Å². The molecule has 0 amide bonds. The Morgan fingerprint density at radius 1 is 0.964 bits per heavy atom. The van der Waals surface area contributed by atoms with E-state index < -0.39 is 34.9 Å². The van der Waals surface area contributed by atoms with Crippen LogP contribution >= 0.6 is 11.8 Å². The van der Waals surface area contributed by atoms with Crippen LogP contribution in [0.25, 0.3) is 0 Å². The van der Waals surface area contributed by atoms with E-state index in [0.29, 0.717) is 11.1 Å². The van der Waals surface area contributed by atoms with Gasteiger partial charge in [-0.3, -0.25) is 0 Å². The fourth-order valence-electron chi connectivity index (χ4n) is 2.79. The van der Waals surface area contributed by atoms with Gasteiger partial charge in [0.05, 0.1) is 16.4 Å². The number of rotatable bonds is 5. The van der Waals surface area contributed by atoms with Crippen molar-refractivity contribution in [3.05, 3.63) is 70.8 Å². The largest absolute Gasteiger partial charge is 0.461 e. The minimum absolute atomic E-state index is 0.180. The topological polar surface area (TPSA) is 72.8 Å². The summed E-state index contributed by atoms with van der Waals surface area (Å²) >= 11 is 0.887. The van der Waals surface area contributed by atoms with Crippen molar-refractivity contribution >= 4 is 23.7 Å². The molecular weight excluding hydrogens is 383 g/mol.